The van der Waals surface area contributed by atoms with Crippen LogP contribution < -0.4 is 4.74 Å². The van der Waals surface area contributed by atoms with Gasteiger partial charge in [0.15, 0.2) is 0 Å². The van der Waals surface area contributed by atoms with E-state index in [2.05, 4.69) is 50.8 Å². The van der Waals surface area contributed by atoms with E-state index in [4.69, 9.17) is 29.5 Å². The summed E-state index contributed by atoms with van der Waals surface area (Å²) in [7, 11) is 3.83. The zero-order valence-corrected chi connectivity index (χ0v) is 22.6. The van der Waals surface area contributed by atoms with E-state index in [1.807, 2.05) is 30.6 Å². The molecule has 0 saturated carbocycles. The molecule has 0 amide bonds. The highest BCUT2D eigenvalue weighted by Crippen LogP contribution is 2.19. The summed E-state index contributed by atoms with van der Waals surface area (Å²) >= 11 is 0. The van der Waals surface area contributed by atoms with Crippen molar-refractivity contribution < 1.29 is 50.9 Å². The minimum Gasteiger partial charge on any atom is -0.497 e. The fraction of sp³-hybridized carbons (Fsp3) is 0.385. The smallest absolute Gasteiger partial charge is 0.490 e. The number of benzene rings is 1. The van der Waals surface area contributed by atoms with E-state index >= 15 is 0 Å². The fourth-order valence-corrected chi connectivity index (χ4v) is 3.70. The lowest BCUT2D eigenvalue weighted by molar-refractivity contribution is -0.193. The van der Waals surface area contributed by atoms with E-state index in [1.165, 1.54) is 11.1 Å². The van der Waals surface area contributed by atoms with Crippen LogP contribution in [0.3, 0.4) is 0 Å². The van der Waals surface area contributed by atoms with Crippen molar-refractivity contribution in [3.05, 3.63) is 77.6 Å². The molecular weight excluding hydrogens is 576 g/mol. The van der Waals surface area contributed by atoms with Gasteiger partial charge >= 0.3 is 24.3 Å². The van der Waals surface area contributed by atoms with Gasteiger partial charge in [0.2, 0.25) is 0 Å². The van der Waals surface area contributed by atoms with E-state index in [-0.39, 0.29) is 0 Å². The molecule has 3 heterocycles. The summed E-state index contributed by atoms with van der Waals surface area (Å²) in [6.45, 7) is 5.57. The third-order valence-electron chi connectivity index (χ3n) is 5.59. The van der Waals surface area contributed by atoms with Gasteiger partial charge in [0.25, 0.3) is 0 Å². The van der Waals surface area contributed by atoms with Gasteiger partial charge in [-0.3, -0.25) is 14.8 Å². The van der Waals surface area contributed by atoms with Crippen LogP contribution in [0, 0.1) is 0 Å². The second kappa shape index (κ2) is 15.2. The number of halogens is 6. The number of ether oxygens (including phenoxy) is 1. The van der Waals surface area contributed by atoms with Gasteiger partial charge in [-0.25, -0.2) is 14.6 Å². The molecule has 0 spiro atoms. The van der Waals surface area contributed by atoms with Gasteiger partial charge in [0.1, 0.15) is 11.6 Å². The van der Waals surface area contributed by atoms with Gasteiger partial charge < -0.3 is 19.5 Å². The molecule has 10 nitrogen and oxygen atoms in total. The molecule has 2 aromatic heterocycles. The summed E-state index contributed by atoms with van der Waals surface area (Å²) < 4.78 is 71.0. The van der Waals surface area contributed by atoms with E-state index in [1.54, 1.807) is 7.11 Å². The van der Waals surface area contributed by atoms with Gasteiger partial charge in [-0.15, -0.1) is 0 Å². The number of hydrogen-bond donors (Lipinski definition) is 2. The van der Waals surface area contributed by atoms with Crippen molar-refractivity contribution in [3.63, 3.8) is 0 Å². The molecule has 0 aliphatic carbocycles. The molecule has 4 rings (SSSR count). The summed E-state index contributed by atoms with van der Waals surface area (Å²) in [6.07, 6.45) is -4.23. The van der Waals surface area contributed by atoms with Crippen LogP contribution in [0.4, 0.5) is 26.3 Å². The van der Waals surface area contributed by atoms with Crippen molar-refractivity contribution in [3.8, 4) is 5.75 Å². The largest absolute Gasteiger partial charge is 0.497 e. The van der Waals surface area contributed by atoms with Crippen LogP contribution in [0.2, 0.25) is 0 Å². The number of imidazole rings is 1. The van der Waals surface area contributed by atoms with Crippen molar-refractivity contribution in [1.82, 2.24) is 24.3 Å². The molecule has 0 unspecified atom stereocenters. The molecule has 0 fully saturated rings. The normalized spacial score (nSPS) is 13.3. The highest BCUT2D eigenvalue weighted by atomic mass is 19.4. The Morgan fingerprint density at radius 1 is 0.952 bits per heavy atom. The Kier molecular flexibility index (Phi) is 12.3. The number of carboxylic acid groups (broad SMARTS) is 2. The number of carbonyl (C=O) groups is 2. The quantitative estimate of drug-likeness (QED) is 0.382. The molecule has 0 atom stereocenters. The van der Waals surface area contributed by atoms with E-state index in [0.29, 0.717) is 0 Å². The molecule has 0 radical (unpaired) electrons. The van der Waals surface area contributed by atoms with Crippen LogP contribution in [0.15, 0.2) is 55.0 Å². The van der Waals surface area contributed by atoms with E-state index in [0.717, 1.165) is 56.5 Å². The van der Waals surface area contributed by atoms with E-state index in [9.17, 15) is 26.3 Å². The number of pyridine rings is 1. The first kappa shape index (κ1) is 34.0. The number of carboxylic acids is 2. The predicted octanol–water partition coefficient (Wildman–Crippen LogP) is 4.20. The SMILES string of the molecule is COc1ccc(CN2CCn3cc(CN(C)Cc4cccnc4)nc3C2)cc1.O=C(O)C(F)(F)F.O=C(O)C(F)(F)F. The molecule has 1 aromatic carbocycles. The Morgan fingerprint density at radius 2 is 1.55 bits per heavy atom. The van der Waals surface area contributed by atoms with Crippen LogP contribution in [-0.2, 0) is 42.3 Å². The highest BCUT2D eigenvalue weighted by molar-refractivity contribution is 5.73. The Balaban J connectivity index is 0.000000367. The Hall–Kier alpha value is -4.18. The lowest BCUT2D eigenvalue weighted by atomic mass is 10.2. The van der Waals surface area contributed by atoms with Gasteiger partial charge in [-0.05, 0) is 36.4 Å². The Morgan fingerprint density at radius 3 is 2.05 bits per heavy atom. The molecule has 0 bridgehead atoms. The molecule has 16 heteroatoms. The van der Waals surface area contributed by atoms with Crippen molar-refractivity contribution in [2.24, 2.45) is 0 Å². The van der Waals surface area contributed by atoms with Crippen LogP contribution in [0.5, 0.6) is 5.75 Å². The molecule has 230 valence electrons. The van der Waals surface area contributed by atoms with Crippen molar-refractivity contribution in [1.29, 1.82) is 0 Å². The average Bonchev–Trinajstić information content (AvgIpc) is 3.30. The van der Waals surface area contributed by atoms with Gasteiger partial charge in [-0.1, -0.05) is 18.2 Å². The summed E-state index contributed by atoms with van der Waals surface area (Å²) in [5.74, 6) is -3.46. The van der Waals surface area contributed by atoms with Crippen LogP contribution in [-0.4, -0.2) is 79.5 Å². The number of nitrogens with zero attached hydrogens (tertiary/aromatic N) is 5. The third-order valence-corrected chi connectivity index (χ3v) is 5.59. The van der Waals surface area contributed by atoms with Gasteiger partial charge in [0.05, 0.1) is 19.3 Å². The number of alkyl halides is 6. The Bertz CT molecular complexity index is 1260. The zero-order valence-electron chi connectivity index (χ0n) is 22.6. The number of rotatable bonds is 7. The standard InChI is InChI=1S/C22H27N5O.2C2HF3O2/c1-25(13-19-4-3-9-23-12-19)15-20-16-27-11-10-26(17-22(27)24-20)14-18-5-7-21(28-2)8-6-18;2*3-2(4,5)1(6)7/h3-9,12,16H,10-11,13-15,17H2,1-2H3;2*(H,6,7). The average molecular weight is 606 g/mol. The second-order valence-electron chi connectivity index (χ2n) is 9.04. The van der Waals surface area contributed by atoms with Crippen LogP contribution in [0.25, 0.3) is 0 Å². The third kappa shape index (κ3) is 11.7. The van der Waals surface area contributed by atoms with Crippen molar-refractivity contribution in [2.75, 3.05) is 20.7 Å². The first-order chi connectivity index (χ1) is 19.6. The van der Waals surface area contributed by atoms with Crippen molar-refractivity contribution >= 4 is 11.9 Å². The maximum atomic E-state index is 10.6. The van der Waals surface area contributed by atoms with Crippen molar-refractivity contribution in [2.45, 2.75) is 45.1 Å². The Labute approximate surface area is 236 Å². The molecule has 1 aliphatic rings. The number of aliphatic carboxylic acids is 2. The monoisotopic (exact) mass is 605 g/mol. The molecular formula is C26H29F6N5O5. The van der Waals surface area contributed by atoms with Crippen LogP contribution >= 0.6 is 0 Å². The second-order valence-corrected chi connectivity index (χ2v) is 9.04. The zero-order chi connectivity index (χ0) is 31.5. The number of methoxy groups -OCH3 is 1. The van der Waals surface area contributed by atoms with Crippen LogP contribution in [0.1, 0.15) is 22.6 Å². The number of aromatic nitrogens is 3. The molecule has 2 N–H and O–H groups in total. The first-order valence-corrected chi connectivity index (χ1v) is 12.2. The summed E-state index contributed by atoms with van der Waals surface area (Å²) in [6, 6.07) is 12.4. The van der Waals surface area contributed by atoms with Gasteiger partial charge in [-0.2, -0.15) is 26.3 Å². The lowest BCUT2D eigenvalue weighted by Gasteiger charge is -2.27. The summed E-state index contributed by atoms with van der Waals surface area (Å²) in [5.41, 5.74) is 3.66. The molecule has 42 heavy (non-hydrogen) atoms. The minimum atomic E-state index is -5.08. The number of hydrogen-bond acceptors (Lipinski definition) is 7. The predicted molar refractivity (Wildman–Crippen MR) is 136 cm³/mol. The van der Waals surface area contributed by atoms with E-state index < -0.39 is 24.3 Å². The highest BCUT2D eigenvalue weighted by Gasteiger charge is 2.38. The summed E-state index contributed by atoms with van der Waals surface area (Å²) in [5, 5.41) is 14.2. The number of fused-ring (bicyclic) bond motifs is 1. The van der Waals surface area contributed by atoms with Gasteiger partial charge in [0, 0.05) is 51.3 Å². The topological polar surface area (TPSA) is 121 Å². The molecule has 1 aliphatic heterocycles. The first-order valence-electron chi connectivity index (χ1n) is 12.2. The summed E-state index contributed by atoms with van der Waals surface area (Å²) in [4.78, 5) is 31.6. The molecule has 0 saturated heterocycles. The molecule has 3 aromatic rings. The minimum absolute atomic E-state index is 0.841. The maximum Gasteiger partial charge on any atom is 0.490 e. The maximum absolute atomic E-state index is 10.6. The fourth-order valence-electron chi connectivity index (χ4n) is 3.70. The lowest BCUT2D eigenvalue weighted by Crippen LogP contribution is -2.33.